The lowest BCUT2D eigenvalue weighted by molar-refractivity contribution is -0.144. The van der Waals surface area contributed by atoms with Crippen LogP contribution in [0.4, 0.5) is 0 Å². The SMILES string of the molecule is CCCCOc1ccc([C@@H]2Oc3ccc(Br)cc3[C@@H]2C(=O)OC)cc1. The van der Waals surface area contributed by atoms with Crippen molar-refractivity contribution in [2.24, 2.45) is 0 Å². The maximum absolute atomic E-state index is 12.4. The maximum atomic E-state index is 12.4. The lowest BCUT2D eigenvalue weighted by Gasteiger charge is -2.18. The number of esters is 1. The smallest absolute Gasteiger partial charge is 0.317 e. The number of benzene rings is 2. The van der Waals surface area contributed by atoms with Crippen LogP contribution in [0.2, 0.25) is 0 Å². The van der Waals surface area contributed by atoms with Crippen molar-refractivity contribution in [3.05, 3.63) is 58.1 Å². The van der Waals surface area contributed by atoms with E-state index in [0.717, 1.165) is 34.2 Å². The molecule has 0 spiro atoms. The third-order valence-corrected chi connectivity index (χ3v) is 4.79. The molecule has 2 aromatic carbocycles. The van der Waals surface area contributed by atoms with E-state index >= 15 is 0 Å². The fraction of sp³-hybridized carbons (Fsp3) is 0.350. The Morgan fingerprint density at radius 3 is 2.64 bits per heavy atom. The number of hydrogen-bond acceptors (Lipinski definition) is 4. The molecule has 0 saturated heterocycles. The van der Waals surface area contributed by atoms with Crippen molar-refractivity contribution < 1.29 is 19.0 Å². The second-order valence-corrected chi connectivity index (χ2v) is 6.91. The van der Waals surface area contributed by atoms with Gasteiger partial charge in [0.05, 0.1) is 13.7 Å². The van der Waals surface area contributed by atoms with Gasteiger partial charge in [0.25, 0.3) is 0 Å². The summed E-state index contributed by atoms with van der Waals surface area (Å²) in [4.78, 5) is 12.4. The van der Waals surface area contributed by atoms with Gasteiger partial charge in [0, 0.05) is 10.0 Å². The van der Waals surface area contributed by atoms with Crippen LogP contribution in [0.25, 0.3) is 0 Å². The Morgan fingerprint density at radius 1 is 1.20 bits per heavy atom. The molecule has 0 aliphatic carbocycles. The first-order chi connectivity index (χ1) is 12.1. The third kappa shape index (κ3) is 3.82. The minimum Gasteiger partial charge on any atom is -0.494 e. The number of methoxy groups -OCH3 is 1. The van der Waals surface area contributed by atoms with Crippen LogP contribution >= 0.6 is 15.9 Å². The number of hydrogen-bond donors (Lipinski definition) is 0. The number of ether oxygens (including phenoxy) is 3. The van der Waals surface area contributed by atoms with Crippen molar-refractivity contribution in [3.8, 4) is 11.5 Å². The minimum absolute atomic E-state index is 0.301. The van der Waals surface area contributed by atoms with Crippen molar-refractivity contribution in [3.63, 3.8) is 0 Å². The molecule has 0 unspecified atom stereocenters. The molecule has 0 radical (unpaired) electrons. The van der Waals surface area contributed by atoms with Gasteiger partial charge in [0.15, 0.2) is 0 Å². The van der Waals surface area contributed by atoms with Crippen LogP contribution < -0.4 is 9.47 Å². The van der Waals surface area contributed by atoms with E-state index < -0.39 is 12.0 Å². The highest BCUT2D eigenvalue weighted by Gasteiger charge is 2.41. The molecule has 2 aromatic rings. The number of carbonyl (C=O) groups is 1. The number of halogens is 1. The fourth-order valence-corrected chi connectivity index (χ4v) is 3.34. The zero-order chi connectivity index (χ0) is 17.8. The quantitative estimate of drug-likeness (QED) is 0.500. The molecule has 0 saturated carbocycles. The van der Waals surface area contributed by atoms with Crippen molar-refractivity contribution >= 4 is 21.9 Å². The molecule has 0 aromatic heterocycles. The molecule has 25 heavy (non-hydrogen) atoms. The van der Waals surface area contributed by atoms with Gasteiger partial charge < -0.3 is 14.2 Å². The first-order valence-corrected chi connectivity index (χ1v) is 9.20. The standard InChI is InChI=1S/C20H21BrO4/c1-3-4-11-24-15-8-5-13(6-9-15)19-18(20(22)23-2)16-12-14(21)7-10-17(16)25-19/h5-10,12,18-19H,3-4,11H2,1-2H3/t18-,19-/m0/s1. The first-order valence-electron chi connectivity index (χ1n) is 8.40. The molecule has 132 valence electrons. The van der Waals surface area contributed by atoms with Gasteiger partial charge in [-0.15, -0.1) is 0 Å². The minimum atomic E-state index is -0.482. The summed E-state index contributed by atoms with van der Waals surface area (Å²) in [5, 5.41) is 0. The topological polar surface area (TPSA) is 44.8 Å². The molecule has 1 aliphatic heterocycles. The average molecular weight is 405 g/mol. The van der Waals surface area contributed by atoms with Crippen LogP contribution in [-0.2, 0) is 9.53 Å². The summed E-state index contributed by atoms with van der Waals surface area (Å²) in [6.45, 7) is 2.84. The normalized spacial score (nSPS) is 18.4. The van der Waals surface area contributed by atoms with E-state index in [1.807, 2.05) is 42.5 Å². The maximum Gasteiger partial charge on any atom is 0.317 e. The molecule has 1 heterocycles. The molecule has 0 N–H and O–H groups in total. The molecule has 0 amide bonds. The van der Waals surface area contributed by atoms with Gasteiger partial charge in [0.1, 0.15) is 23.5 Å². The van der Waals surface area contributed by atoms with E-state index in [2.05, 4.69) is 22.9 Å². The Morgan fingerprint density at radius 2 is 1.96 bits per heavy atom. The lowest BCUT2D eigenvalue weighted by atomic mass is 9.91. The Bertz CT molecular complexity index is 742. The van der Waals surface area contributed by atoms with E-state index in [9.17, 15) is 4.79 Å². The van der Waals surface area contributed by atoms with Gasteiger partial charge in [-0.25, -0.2) is 0 Å². The van der Waals surface area contributed by atoms with E-state index in [4.69, 9.17) is 14.2 Å². The summed E-state index contributed by atoms with van der Waals surface area (Å²) in [6.07, 6.45) is 1.73. The van der Waals surface area contributed by atoms with E-state index in [1.165, 1.54) is 7.11 Å². The molecule has 0 bridgehead atoms. The van der Waals surface area contributed by atoms with Crippen molar-refractivity contribution in [2.75, 3.05) is 13.7 Å². The predicted octanol–water partition coefficient (Wildman–Crippen LogP) is 5.02. The summed E-state index contributed by atoms with van der Waals surface area (Å²) in [5.41, 5.74) is 1.76. The van der Waals surface area contributed by atoms with E-state index in [-0.39, 0.29) is 5.97 Å². The Balaban J connectivity index is 1.84. The summed E-state index contributed by atoms with van der Waals surface area (Å²) in [6, 6.07) is 13.4. The van der Waals surface area contributed by atoms with Crippen LogP contribution in [0.15, 0.2) is 46.9 Å². The van der Waals surface area contributed by atoms with Crippen LogP contribution in [-0.4, -0.2) is 19.7 Å². The molecule has 1 aliphatic rings. The van der Waals surface area contributed by atoms with Gasteiger partial charge in [-0.05, 0) is 42.3 Å². The summed E-state index contributed by atoms with van der Waals surface area (Å²) in [7, 11) is 1.40. The van der Waals surface area contributed by atoms with Crippen molar-refractivity contribution in [1.29, 1.82) is 0 Å². The van der Waals surface area contributed by atoms with Crippen molar-refractivity contribution in [1.82, 2.24) is 0 Å². The largest absolute Gasteiger partial charge is 0.494 e. The molecule has 0 fully saturated rings. The number of unbranched alkanes of at least 4 members (excludes halogenated alkanes) is 1. The van der Waals surface area contributed by atoms with Gasteiger partial charge in [-0.2, -0.15) is 0 Å². The molecule has 4 nitrogen and oxygen atoms in total. The predicted molar refractivity (Wildman–Crippen MR) is 99.1 cm³/mol. The Kier molecular flexibility index (Phi) is 5.63. The Labute approximate surface area is 156 Å². The Hall–Kier alpha value is -2.01. The highest BCUT2D eigenvalue weighted by molar-refractivity contribution is 9.10. The van der Waals surface area contributed by atoms with E-state index in [1.54, 1.807) is 0 Å². The van der Waals surface area contributed by atoms with E-state index in [0.29, 0.717) is 12.4 Å². The fourth-order valence-electron chi connectivity index (χ4n) is 2.96. The van der Waals surface area contributed by atoms with Crippen LogP contribution in [0.3, 0.4) is 0 Å². The van der Waals surface area contributed by atoms with Crippen molar-refractivity contribution in [2.45, 2.75) is 31.8 Å². The second-order valence-electron chi connectivity index (χ2n) is 5.99. The van der Waals surface area contributed by atoms with Gasteiger partial charge in [-0.1, -0.05) is 41.4 Å². The first kappa shape index (κ1) is 17.8. The zero-order valence-corrected chi connectivity index (χ0v) is 15.9. The third-order valence-electron chi connectivity index (χ3n) is 4.29. The van der Waals surface area contributed by atoms with Gasteiger partial charge in [-0.3, -0.25) is 4.79 Å². The molecular weight excluding hydrogens is 384 g/mol. The highest BCUT2D eigenvalue weighted by Crippen LogP contribution is 2.47. The summed E-state index contributed by atoms with van der Waals surface area (Å²) >= 11 is 3.45. The number of fused-ring (bicyclic) bond motifs is 1. The van der Waals surface area contributed by atoms with Gasteiger partial charge in [0.2, 0.25) is 0 Å². The van der Waals surface area contributed by atoms with Gasteiger partial charge >= 0.3 is 5.97 Å². The molecule has 5 heteroatoms. The van der Waals surface area contributed by atoms with Crippen LogP contribution in [0, 0.1) is 0 Å². The highest BCUT2D eigenvalue weighted by atomic mass is 79.9. The molecule has 2 atom stereocenters. The lowest BCUT2D eigenvalue weighted by Crippen LogP contribution is -2.20. The van der Waals surface area contributed by atoms with Crippen LogP contribution in [0.5, 0.6) is 11.5 Å². The number of rotatable bonds is 6. The number of carbonyl (C=O) groups excluding carboxylic acids is 1. The average Bonchev–Trinajstić information content (AvgIpc) is 3.00. The second kappa shape index (κ2) is 7.91. The summed E-state index contributed by atoms with van der Waals surface area (Å²) in [5.74, 6) is 0.756. The zero-order valence-electron chi connectivity index (χ0n) is 14.3. The molecular formula is C20H21BrO4. The monoisotopic (exact) mass is 404 g/mol. The molecule has 3 rings (SSSR count). The summed E-state index contributed by atoms with van der Waals surface area (Å²) < 4.78 is 17.7. The van der Waals surface area contributed by atoms with Crippen LogP contribution in [0.1, 0.15) is 42.9 Å².